The maximum absolute atomic E-state index is 13.5. The van der Waals surface area contributed by atoms with Gasteiger partial charge in [-0.1, -0.05) is 105 Å². The molecule has 3 amide bonds. The van der Waals surface area contributed by atoms with E-state index in [1.54, 1.807) is 66.7 Å². The van der Waals surface area contributed by atoms with Crippen molar-refractivity contribution in [2.75, 3.05) is 7.11 Å². The van der Waals surface area contributed by atoms with Crippen molar-refractivity contribution in [3.05, 3.63) is 108 Å². The summed E-state index contributed by atoms with van der Waals surface area (Å²) in [5.41, 5.74) is 2.24. The van der Waals surface area contributed by atoms with E-state index < -0.39 is 47.8 Å². The fourth-order valence-electron chi connectivity index (χ4n) is 4.51. The average Bonchev–Trinajstić information content (AvgIpc) is 3.03. The molecule has 10 heteroatoms. The van der Waals surface area contributed by atoms with Gasteiger partial charge in [0.1, 0.15) is 24.7 Å². The van der Waals surface area contributed by atoms with Crippen LogP contribution in [0.2, 0.25) is 0 Å². The van der Waals surface area contributed by atoms with Crippen LogP contribution in [0.15, 0.2) is 91.0 Å². The molecule has 0 unspecified atom stereocenters. The first-order valence-corrected chi connectivity index (χ1v) is 14.4. The van der Waals surface area contributed by atoms with Crippen molar-refractivity contribution in [2.24, 2.45) is 5.92 Å². The molecule has 0 heterocycles. The van der Waals surface area contributed by atoms with Gasteiger partial charge in [0.15, 0.2) is 0 Å². The number of Topliss-reactive ketones (excluding diaryl/α,β-unsaturated/α-hetero) is 1. The lowest BCUT2D eigenvalue weighted by molar-refractivity contribution is -0.147. The molecule has 232 valence electrons. The second kappa shape index (κ2) is 17.2. The summed E-state index contributed by atoms with van der Waals surface area (Å²) in [6.07, 6.45) is -0.423. The van der Waals surface area contributed by atoms with Gasteiger partial charge in [-0.3, -0.25) is 14.4 Å². The van der Waals surface area contributed by atoms with Crippen molar-refractivity contribution in [1.82, 2.24) is 16.0 Å². The number of benzene rings is 3. The average molecular weight is 602 g/mol. The van der Waals surface area contributed by atoms with E-state index in [9.17, 15) is 24.0 Å². The van der Waals surface area contributed by atoms with Gasteiger partial charge in [0.05, 0.1) is 7.11 Å². The van der Waals surface area contributed by atoms with E-state index in [-0.39, 0.29) is 31.8 Å². The monoisotopic (exact) mass is 601 g/mol. The van der Waals surface area contributed by atoms with Crippen LogP contribution in [0.3, 0.4) is 0 Å². The predicted molar refractivity (Wildman–Crippen MR) is 164 cm³/mol. The number of esters is 1. The first-order valence-electron chi connectivity index (χ1n) is 14.4. The Balaban J connectivity index is 1.75. The molecule has 3 aromatic rings. The molecule has 0 fully saturated rings. The number of alkyl carbamates (subject to hydrolysis) is 1. The summed E-state index contributed by atoms with van der Waals surface area (Å²) in [7, 11) is 1.19. The third kappa shape index (κ3) is 11.0. The molecule has 3 aromatic carbocycles. The number of hydrogen-bond acceptors (Lipinski definition) is 7. The second-order valence-electron chi connectivity index (χ2n) is 10.7. The van der Waals surface area contributed by atoms with E-state index in [0.29, 0.717) is 5.56 Å². The number of carbonyl (C=O) groups excluding carboxylic acids is 5. The lowest BCUT2D eigenvalue weighted by Crippen LogP contribution is -2.56. The van der Waals surface area contributed by atoms with Crippen LogP contribution in [-0.2, 0) is 48.1 Å². The summed E-state index contributed by atoms with van der Waals surface area (Å²) in [5.74, 6) is -3.35. The molecule has 0 aliphatic rings. The molecule has 3 N–H and O–H groups in total. The fourth-order valence-corrected chi connectivity index (χ4v) is 4.51. The van der Waals surface area contributed by atoms with Crippen molar-refractivity contribution in [3.63, 3.8) is 0 Å². The molecule has 3 rings (SSSR count). The maximum Gasteiger partial charge on any atom is 0.408 e. The minimum atomic E-state index is -1.28. The van der Waals surface area contributed by atoms with E-state index in [1.165, 1.54) is 7.11 Å². The Hall–Kier alpha value is -4.99. The number of rotatable bonds is 15. The van der Waals surface area contributed by atoms with Gasteiger partial charge < -0.3 is 25.4 Å². The van der Waals surface area contributed by atoms with Gasteiger partial charge in [0.25, 0.3) is 5.91 Å². The van der Waals surface area contributed by atoms with Gasteiger partial charge in [-0.2, -0.15) is 0 Å². The number of carbonyl (C=O) groups is 5. The van der Waals surface area contributed by atoms with Gasteiger partial charge in [0, 0.05) is 12.8 Å². The van der Waals surface area contributed by atoms with Gasteiger partial charge in [-0.25, -0.2) is 9.59 Å². The summed E-state index contributed by atoms with van der Waals surface area (Å²) < 4.78 is 10.1. The zero-order valence-electron chi connectivity index (χ0n) is 25.2. The zero-order chi connectivity index (χ0) is 31.9. The van der Waals surface area contributed by atoms with Gasteiger partial charge in [-0.15, -0.1) is 0 Å². The summed E-state index contributed by atoms with van der Waals surface area (Å²) in [4.78, 5) is 65.3. The van der Waals surface area contributed by atoms with Crippen LogP contribution >= 0.6 is 0 Å². The van der Waals surface area contributed by atoms with Crippen molar-refractivity contribution >= 4 is 29.7 Å². The SMILES string of the molecule is COC(=O)[C@H](Cc1ccccc1)NC(=O)C(=O)[C@H](Cc1ccccc1)NC(=O)[C@H](CC(C)C)NC(=O)OCc1ccccc1. The van der Waals surface area contributed by atoms with Gasteiger partial charge in [0.2, 0.25) is 11.7 Å². The molecule has 3 atom stereocenters. The van der Waals surface area contributed by atoms with Crippen molar-refractivity contribution < 1.29 is 33.4 Å². The second-order valence-corrected chi connectivity index (χ2v) is 10.7. The molecule has 0 aliphatic heterocycles. The Morgan fingerprint density at radius 3 is 1.64 bits per heavy atom. The molecule has 0 bridgehead atoms. The third-order valence-electron chi connectivity index (χ3n) is 6.74. The smallest absolute Gasteiger partial charge is 0.408 e. The standard InChI is InChI=1S/C34H39N3O7/c1-23(2)19-28(37-34(42)44-22-26-17-11-6-12-18-26)31(39)35-27(20-24-13-7-4-8-14-24)30(38)32(40)36-29(33(41)43-3)21-25-15-9-5-10-16-25/h4-18,23,27-29H,19-22H2,1-3H3,(H,35,39)(H,36,40)(H,37,42)/t27-,28-,29-/m0/s1. The number of amides is 3. The van der Waals surface area contributed by atoms with E-state index >= 15 is 0 Å². The number of methoxy groups -OCH3 is 1. The van der Waals surface area contributed by atoms with Gasteiger partial charge in [-0.05, 0) is 29.0 Å². The highest BCUT2D eigenvalue weighted by Crippen LogP contribution is 2.11. The molecular formula is C34H39N3O7. The molecule has 0 radical (unpaired) electrons. The highest BCUT2D eigenvalue weighted by atomic mass is 16.5. The first kappa shape index (κ1) is 33.5. The number of nitrogens with one attached hydrogen (secondary N) is 3. The van der Waals surface area contributed by atoms with Crippen LogP contribution in [0.4, 0.5) is 4.79 Å². The quantitative estimate of drug-likeness (QED) is 0.179. The Morgan fingerprint density at radius 2 is 1.14 bits per heavy atom. The predicted octanol–water partition coefficient (Wildman–Crippen LogP) is 3.52. The van der Waals surface area contributed by atoms with Crippen molar-refractivity contribution in [2.45, 2.75) is 57.8 Å². The third-order valence-corrected chi connectivity index (χ3v) is 6.74. The fraction of sp³-hybridized carbons (Fsp3) is 0.324. The Labute approximate surface area is 257 Å². The molecular weight excluding hydrogens is 562 g/mol. The summed E-state index contributed by atoms with van der Waals surface area (Å²) in [6, 6.07) is 23.5. The molecule has 0 aromatic heterocycles. The number of hydrogen-bond donors (Lipinski definition) is 3. The molecule has 0 spiro atoms. The summed E-state index contributed by atoms with van der Waals surface area (Å²) >= 11 is 0. The normalized spacial score (nSPS) is 12.7. The van der Waals surface area contributed by atoms with Crippen LogP contribution in [0.1, 0.15) is 37.0 Å². The van der Waals surface area contributed by atoms with E-state index in [4.69, 9.17) is 9.47 Å². The van der Waals surface area contributed by atoms with Crippen LogP contribution in [0.25, 0.3) is 0 Å². The Morgan fingerprint density at radius 1 is 0.636 bits per heavy atom. The topological polar surface area (TPSA) is 140 Å². The summed E-state index contributed by atoms with van der Waals surface area (Å²) in [5, 5.41) is 7.73. The lowest BCUT2D eigenvalue weighted by atomic mass is 9.99. The molecule has 0 saturated heterocycles. The molecule has 0 saturated carbocycles. The van der Waals surface area contributed by atoms with E-state index in [0.717, 1.165) is 11.1 Å². The molecule has 44 heavy (non-hydrogen) atoms. The van der Waals surface area contributed by atoms with Crippen LogP contribution in [0, 0.1) is 5.92 Å². The van der Waals surface area contributed by atoms with Crippen LogP contribution < -0.4 is 16.0 Å². The van der Waals surface area contributed by atoms with E-state index in [2.05, 4.69) is 16.0 Å². The van der Waals surface area contributed by atoms with Crippen LogP contribution in [0.5, 0.6) is 0 Å². The molecule has 0 aliphatic carbocycles. The number of ketones is 1. The van der Waals surface area contributed by atoms with Crippen molar-refractivity contribution in [3.8, 4) is 0 Å². The van der Waals surface area contributed by atoms with Crippen LogP contribution in [-0.4, -0.2) is 54.9 Å². The largest absolute Gasteiger partial charge is 0.467 e. The minimum Gasteiger partial charge on any atom is -0.467 e. The number of ether oxygens (including phenoxy) is 2. The Bertz CT molecular complexity index is 1380. The van der Waals surface area contributed by atoms with Gasteiger partial charge >= 0.3 is 12.1 Å². The lowest BCUT2D eigenvalue weighted by Gasteiger charge is -2.24. The maximum atomic E-state index is 13.5. The minimum absolute atomic E-state index is 0.00514. The zero-order valence-corrected chi connectivity index (χ0v) is 25.2. The highest BCUT2D eigenvalue weighted by molar-refractivity contribution is 6.38. The van der Waals surface area contributed by atoms with E-state index in [1.807, 2.05) is 38.1 Å². The summed E-state index contributed by atoms with van der Waals surface area (Å²) in [6.45, 7) is 3.79. The highest BCUT2D eigenvalue weighted by Gasteiger charge is 2.33. The molecule has 10 nitrogen and oxygen atoms in total. The Kier molecular flexibility index (Phi) is 13.1. The van der Waals surface area contributed by atoms with Crippen molar-refractivity contribution in [1.29, 1.82) is 0 Å². The first-order chi connectivity index (χ1) is 21.2.